The maximum absolute atomic E-state index is 5.76. The van der Waals surface area contributed by atoms with Gasteiger partial charge in [0.2, 0.25) is 0 Å². The molecule has 1 heterocycles. The molecular formula is C11H22BrNO. The first-order valence-corrected chi connectivity index (χ1v) is 6.62. The first-order chi connectivity index (χ1) is 6.53. The molecule has 2 unspecified atom stereocenters. The Balaban J connectivity index is 2.19. The van der Waals surface area contributed by atoms with Gasteiger partial charge in [-0.05, 0) is 40.0 Å². The lowest BCUT2D eigenvalue weighted by Gasteiger charge is -2.27. The zero-order chi connectivity index (χ0) is 10.6. The molecule has 84 valence electrons. The molecule has 0 radical (unpaired) electrons. The van der Waals surface area contributed by atoms with E-state index < -0.39 is 0 Å². The van der Waals surface area contributed by atoms with Crippen LogP contribution < -0.4 is 5.32 Å². The van der Waals surface area contributed by atoms with Crippen molar-refractivity contribution in [3.8, 4) is 0 Å². The minimum atomic E-state index is 0.221. The fraction of sp³-hybridized carbons (Fsp3) is 1.00. The third kappa shape index (κ3) is 4.28. The summed E-state index contributed by atoms with van der Waals surface area (Å²) in [4.78, 5) is 0. The summed E-state index contributed by atoms with van der Waals surface area (Å²) >= 11 is 3.48. The Labute approximate surface area is 95.9 Å². The molecule has 0 aromatic heterocycles. The van der Waals surface area contributed by atoms with E-state index in [2.05, 4.69) is 42.0 Å². The fourth-order valence-corrected chi connectivity index (χ4v) is 2.74. The third-order valence-electron chi connectivity index (χ3n) is 2.85. The van der Waals surface area contributed by atoms with E-state index in [1.807, 2.05) is 0 Å². The minimum Gasteiger partial charge on any atom is -0.374 e. The Bertz CT molecular complexity index is 173. The van der Waals surface area contributed by atoms with Gasteiger partial charge in [-0.2, -0.15) is 0 Å². The largest absolute Gasteiger partial charge is 0.374 e. The number of ether oxygens (including phenoxy) is 1. The molecule has 0 saturated carbocycles. The summed E-state index contributed by atoms with van der Waals surface area (Å²) in [6.07, 6.45) is 4.46. The summed E-state index contributed by atoms with van der Waals surface area (Å²) < 4.78 is 5.76. The van der Waals surface area contributed by atoms with E-state index in [0.29, 0.717) is 12.2 Å². The Morgan fingerprint density at radius 2 is 2.14 bits per heavy atom. The van der Waals surface area contributed by atoms with Gasteiger partial charge < -0.3 is 10.1 Å². The van der Waals surface area contributed by atoms with Crippen LogP contribution in [0.25, 0.3) is 0 Å². The molecule has 3 heteroatoms. The average molecular weight is 264 g/mol. The highest BCUT2D eigenvalue weighted by molar-refractivity contribution is 9.09. The van der Waals surface area contributed by atoms with E-state index in [-0.39, 0.29) is 5.54 Å². The van der Waals surface area contributed by atoms with Crippen molar-refractivity contribution in [2.24, 2.45) is 0 Å². The van der Waals surface area contributed by atoms with Crippen molar-refractivity contribution in [1.82, 2.24) is 5.32 Å². The second kappa shape index (κ2) is 5.47. The Morgan fingerprint density at radius 1 is 1.43 bits per heavy atom. The van der Waals surface area contributed by atoms with E-state index in [1.54, 1.807) is 0 Å². The molecule has 0 spiro atoms. The molecular weight excluding hydrogens is 242 g/mol. The molecule has 1 fully saturated rings. The van der Waals surface area contributed by atoms with Crippen molar-refractivity contribution in [2.45, 2.75) is 57.8 Å². The Morgan fingerprint density at radius 3 is 2.64 bits per heavy atom. The summed E-state index contributed by atoms with van der Waals surface area (Å²) in [5.41, 5.74) is 0.221. The average Bonchev–Trinajstić information content (AvgIpc) is 2.48. The lowest BCUT2D eigenvalue weighted by molar-refractivity contribution is 0.0516. The van der Waals surface area contributed by atoms with Crippen molar-refractivity contribution in [3.05, 3.63) is 0 Å². The molecule has 2 nitrogen and oxygen atoms in total. The molecule has 0 aliphatic carbocycles. The molecule has 2 atom stereocenters. The molecule has 1 aliphatic rings. The Hall–Kier alpha value is 0.400. The molecule has 0 aromatic rings. The van der Waals surface area contributed by atoms with Crippen LogP contribution in [0.3, 0.4) is 0 Å². The van der Waals surface area contributed by atoms with Gasteiger partial charge in [-0.15, -0.1) is 0 Å². The molecule has 1 saturated heterocycles. The summed E-state index contributed by atoms with van der Waals surface area (Å²) in [7, 11) is 0. The van der Waals surface area contributed by atoms with E-state index in [4.69, 9.17) is 4.74 Å². The molecule has 1 rings (SSSR count). The fourth-order valence-electron chi connectivity index (χ4n) is 1.75. The Kier molecular flexibility index (Phi) is 4.88. The van der Waals surface area contributed by atoms with Crippen LogP contribution in [-0.2, 0) is 4.74 Å². The maximum Gasteiger partial charge on any atom is 0.0704 e. The van der Waals surface area contributed by atoms with Gasteiger partial charge in [0.25, 0.3) is 0 Å². The molecule has 1 N–H and O–H groups in total. The lowest BCUT2D eigenvalue weighted by atomic mass is 10.0. The smallest absolute Gasteiger partial charge is 0.0704 e. The van der Waals surface area contributed by atoms with Gasteiger partial charge in [-0.1, -0.05) is 15.9 Å². The van der Waals surface area contributed by atoms with E-state index in [9.17, 15) is 0 Å². The van der Waals surface area contributed by atoms with Gasteiger partial charge in [0.1, 0.15) is 0 Å². The molecule has 0 amide bonds. The number of hydrogen-bond donors (Lipinski definition) is 1. The lowest BCUT2D eigenvalue weighted by Crippen LogP contribution is -2.43. The van der Waals surface area contributed by atoms with Gasteiger partial charge in [0.15, 0.2) is 0 Å². The van der Waals surface area contributed by atoms with Crippen molar-refractivity contribution >= 4 is 15.9 Å². The predicted molar refractivity (Wildman–Crippen MR) is 64.1 cm³/mol. The number of halogens is 1. The summed E-state index contributed by atoms with van der Waals surface area (Å²) in [5.74, 6) is 0. The second-order valence-electron chi connectivity index (χ2n) is 4.85. The van der Waals surface area contributed by atoms with E-state index in [1.165, 1.54) is 12.8 Å². The monoisotopic (exact) mass is 263 g/mol. The number of alkyl halides is 1. The van der Waals surface area contributed by atoms with Gasteiger partial charge in [-0.25, -0.2) is 0 Å². The number of rotatable bonds is 5. The van der Waals surface area contributed by atoms with Crippen molar-refractivity contribution < 1.29 is 4.74 Å². The SMILES string of the molecule is CC1CCC(CNC(C)(C)CCBr)O1. The first kappa shape index (κ1) is 12.5. The van der Waals surface area contributed by atoms with Crippen LogP contribution in [-0.4, -0.2) is 29.6 Å². The van der Waals surface area contributed by atoms with Crippen LogP contribution in [0.1, 0.15) is 40.0 Å². The van der Waals surface area contributed by atoms with E-state index in [0.717, 1.165) is 18.3 Å². The van der Waals surface area contributed by atoms with Gasteiger partial charge in [-0.3, -0.25) is 0 Å². The summed E-state index contributed by atoms with van der Waals surface area (Å²) in [6, 6.07) is 0. The molecule has 0 aromatic carbocycles. The highest BCUT2D eigenvalue weighted by Crippen LogP contribution is 2.19. The number of hydrogen-bond acceptors (Lipinski definition) is 2. The van der Waals surface area contributed by atoms with Gasteiger partial charge in [0.05, 0.1) is 12.2 Å². The first-order valence-electron chi connectivity index (χ1n) is 5.50. The third-order valence-corrected chi connectivity index (χ3v) is 3.24. The second-order valence-corrected chi connectivity index (χ2v) is 5.64. The maximum atomic E-state index is 5.76. The van der Waals surface area contributed by atoms with Crippen LogP contribution in [0, 0.1) is 0 Å². The summed E-state index contributed by atoms with van der Waals surface area (Å²) in [6.45, 7) is 7.63. The normalized spacial score (nSPS) is 28.3. The number of nitrogens with one attached hydrogen (secondary N) is 1. The zero-order valence-corrected chi connectivity index (χ0v) is 11.1. The minimum absolute atomic E-state index is 0.221. The van der Waals surface area contributed by atoms with Crippen LogP contribution in [0.2, 0.25) is 0 Å². The van der Waals surface area contributed by atoms with Gasteiger partial charge >= 0.3 is 0 Å². The summed E-state index contributed by atoms with van der Waals surface area (Å²) in [5, 5.41) is 4.62. The van der Waals surface area contributed by atoms with E-state index >= 15 is 0 Å². The highest BCUT2D eigenvalue weighted by atomic mass is 79.9. The molecule has 1 aliphatic heterocycles. The topological polar surface area (TPSA) is 21.3 Å². The van der Waals surface area contributed by atoms with Crippen LogP contribution in [0.15, 0.2) is 0 Å². The van der Waals surface area contributed by atoms with Crippen LogP contribution in [0.5, 0.6) is 0 Å². The van der Waals surface area contributed by atoms with Gasteiger partial charge in [0, 0.05) is 17.4 Å². The molecule has 14 heavy (non-hydrogen) atoms. The highest BCUT2D eigenvalue weighted by Gasteiger charge is 2.24. The zero-order valence-electron chi connectivity index (χ0n) is 9.48. The van der Waals surface area contributed by atoms with Crippen molar-refractivity contribution in [2.75, 3.05) is 11.9 Å². The van der Waals surface area contributed by atoms with Crippen LogP contribution in [0.4, 0.5) is 0 Å². The van der Waals surface area contributed by atoms with Crippen molar-refractivity contribution in [3.63, 3.8) is 0 Å². The van der Waals surface area contributed by atoms with Crippen molar-refractivity contribution in [1.29, 1.82) is 0 Å². The predicted octanol–water partition coefficient (Wildman–Crippen LogP) is 2.71. The standard InChI is InChI=1S/C11H22BrNO/c1-9-4-5-10(14-9)8-13-11(2,3)6-7-12/h9-10,13H,4-8H2,1-3H3. The molecule has 0 bridgehead atoms. The quantitative estimate of drug-likeness (QED) is 0.771. The van der Waals surface area contributed by atoms with Crippen LogP contribution >= 0.6 is 15.9 Å².